The first-order valence-corrected chi connectivity index (χ1v) is 11.0. The molecule has 0 spiro atoms. The van der Waals surface area contributed by atoms with Crippen molar-refractivity contribution < 1.29 is 14.3 Å². The molecule has 0 unspecified atom stereocenters. The quantitative estimate of drug-likeness (QED) is 0.738. The highest BCUT2D eigenvalue weighted by Gasteiger charge is 2.54. The Bertz CT molecular complexity index is 905. The summed E-state index contributed by atoms with van der Waals surface area (Å²) in [5, 5.41) is 0. The molecule has 2 aromatic carbocycles. The molecule has 30 heavy (non-hydrogen) atoms. The monoisotopic (exact) mass is 404 g/mol. The molecule has 0 aromatic heterocycles. The molecule has 5 heteroatoms. The Labute approximate surface area is 177 Å². The number of para-hydroxylation sites is 1. The van der Waals surface area contributed by atoms with Crippen LogP contribution < -0.4 is 15.6 Å². The van der Waals surface area contributed by atoms with E-state index in [0.717, 1.165) is 30.4 Å². The van der Waals surface area contributed by atoms with Gasteiger partial charge in [0, 0.05) is 5.56 Å². The number of amides is 2. The van der Waals surface area contributed by atoms with E-state index in [4.69, 9.17) is 4.74 Å². The molecule has 4 saturated carbocycles. The van der Waals surface area contributed by atoms with Gasteiger partial charge in [0.1, 0.15) is 5.75 Å². The predicted octanol–water partition coefficient (Wildman–Crippen LogP) is 4.10. The highest BCUT2D eigenvalue weighted by atomic mass is 16.5. The van der Waals surface area contributed by atoms with Crippen LogP contribution in [0, 0.1) is 23.2 Å². The van der Waals surface area contributed by atoms with E-state index in [1.54, 1.807) is 0 Å². The molecule has 0 aliphatic heterocycles. The summed E-state index contributed by atoms with van der Waals surface area (Å²) in [5.74, 6) is 2.35. The number of nitrogens with one attached hydrogen (secondary N) is 2. The van der Waals surface area contributed by atoms with Crippen LogP contribution in [-0.2, 0) is 9.59 Å². The molecule has 0 heterocycles. The Hall–Kier alpha value is -2.82. The molecule has 0 radical (unpaired) electrons. The summed E-state index contributed by atoms with van der Waals surface area (Å²) in [4.78, 5) is 25.3. The van der Waals surface area contributed by atoms with Crippen molar-refractivity contribution in [1.82, 2.24) is 10.9 Å². The number of rotatable bonds is 5. The molecule has 5 nitrogen and oxygen atoms in total. The summed E-state index contributed by atoms with van der Waals surface area (Å²) < 4.78 is 5.77. The minimum Gasteiger partial charge on any atom is -0.483 e. The van der Waals surface area contributed by atoms with Crippen LogP contribution in [0.2, 0.25) is 0 Å². The van der Waals surface area contributed by atoms with Crippen LogP contribution in [0.5, 0.6) is 5.75 Å². The summed E-state index contributed by atoms with van der Waals surface area (Å²) in [6, 6.07) is 17.6. The number of hydrazine groups is 1. The van der Waals surface area contributed by atoms with E-state index in [-0.39, 0.29) is 23.8 Å². The third-order valence-electron chi connectivity index (χ3n) is 7.17. The summed E-state index contributed by atoms with van der Waals surface area (Å²) in [5.41, 5.74) is 6.97. The lowest BCUT2D eigenvalue weighted by Crippen LogP contribution is -2.57. The van der Waals surface area contributed by atoms with Crippen LogP contribution in [0.25, 0.3) is 11.1 Å². The average molecular weight is 405 g/mol. The smallest absolute Gasteiger partial charge is 0.276 e. The van der Waals surface area contributed by atoms with Gasteiger partial charge in [0.2, 0.25) is 5.91 Å². The van der Waals surface area contributed by atoms with Gasteiger partial charge in [0.25, 0.3) is 5.91 Å². The largest absolute Gasteiger partial charge is 0.483 e. The Morgan fingerprint density at radius 1 is 0.833 bits per heavy atom. The van der Waals surface area contributed by atoms with Gasteiger partial charge in [-0.3, -0.25) is 20.4 Å². The first-order valence-electron chi connectivity index (χ1n) is 11.0. The summed E-state index contributed by atoms with van der Waals surface area (Å²) >= 11 is 0. The molecule has 2 N–H and O–H groups in total. The normalized spacial score (nSPS) is 28.7. The Kier molecular flexibility index (Phi) is 4.97. The minimum atomic E-state index is -0.351. The Morgan fingerprint density at radius 2 is 1.43 bits per heavy atom. The lowest BCUT2D eigenvalue weighted by atomic mass is 9.49. The lowest BCUT2D eigenvalue weighted by Gasteiger charge is -2.55. The van der Waals surface area contributed by atoms with Gasteiger partial charge in [-0.15, -0.1) is 0 Å². The zero-order valence-corrected chi connectivity index (χ0v) is 17.1. The van der Waals surface area contributed by atoms with Gasteiger partial charge in [-0.1, -0.05) is 48.5 Å². The number of carbonyl (C=O) groups is 2. The molecule has 4 fully saturated rings. The summed E-state index contributed by atoms with van der Waals surface area (Å²) in [6.07, 6.45) is 6.78. The van der Waals surface area contributed by atoms with Crippen LogP contribution in [0.15, 0.2) is 54.6 Å². The molecule has 2 aromatic rings. The third-order valence-corrected chi connectivity index (χ3v) is 7.17. The predicted molar refractivity (Wildman–Crippen MR) is 114 cm³/mol. The summed E-state index contributed by atoms with van der Waals surface area (Å²) in [7, 11) is 0. The van der Waals surface area contributed by atoms with Gasteiger partial charge >= 0.3 is 0 Å². The molecular weight excluding hydrogens is 376 g/mol. The maximum Gasteiger partial charge on any atom is 0.276 e. The second-order valence-corrected chi connectivity index (χ2v) is 9.35. The molecular formula is C25H28N2O3. The fourth-order valence-corrected chi connectivity index (χ4v) is 6.28. The SMILES string of the molecule is O=C(COc1ccccc1-c1ccccc1)NNC(=O)C12CC3CC(CC(C3)C1)C2. The van der Waals surface area contributed by atoms with Crippen LogP contribution >= 0.6 is 0 Å². The number of carbonyl (C=O) groups excluding carboxylic acids is 2. The van der Waals surface area contributed by atoms with E-state index in [2.05, 4.69) is 10.9 Å². The number of benzene rings is 2. The maximum atomic E-state index is 12.9. The van der Waals surface area contributed by atoms with Crippen LogP contribution in [0.1, 0.15) is 38.5 Å². The average Bonchev–Trinajstić information content (AvgIpc) is 2.76. The Morgan fingerprint density at radius 3 is 2.10 bits per heavy atom. The molecule has 0 atom stereocenters. The first kappa shape index (κ1) is 19.2. The van der Waals surface area contributed by atoms with Crippen molar-refractivity contribution in [3.8, 4) is 16.9 Å². The molecule has 6 rings (SSSR count). The van der Waals surface area contributed by atoms with E-state index in [1.807, 2.05) is 54.6 Å². The van der Waals surface area contributed by atoms with Gasteiger partial charge < -0.3 is 4.74 Å². The van der Waals surface area contributed by atoms with Crippen molar-refractivity contribution in [3.63, 3.8) is 0 Å². The summed E-state index contributed by atoms with van der Waals surface area (Å²) in [6.45, 7) is -0.148. The van der Waals surface area contributed by atoms with E-state index in [9.17, 15) is 9.59 Å². The van der Waals surface area contributed by atoms with Crippen molar-refractivity contribution in [2.45, 2.75) is 38.5 Å². The topological polar surface area (TPSA) is 67.4 Å². The van der Waals surface area contributed by atoms with E-state index >= 15 is 0 Å². The molecule has 4 aliphatic carbocycles. The maximum absolute atomic E-state index is 12.9. The van der Waals surface area contributed by atoms with Crippen molar-refractivity contribution in [2.75, 3.05) is 6.61 Å². The fourth-order valence-electron chi connectivity index (χ4n) is 6.28. The van der Waals surface area contributed by atoms with Crippen molar-refractivity contribution in [1.29, 1.82) is 0 Å². The number of hydrogen-bond donors (Lipinski definition) is 2. The van der Waals surface area contributed by atoms with Crippen molar-refractivity contribution in [2.24, 2.45) is 23.2 Å². The highest BCUT2D eigenvalue weighted by molar-refractivity contribution is 5.86. The molecule has 2 amide bonds. The minimum absolute atomic E-state index is 0.0142. The van der Waals surface area contributed by atoms with Crippen molar-refractivity contribution >= 4 is 11.8 Å². The molecule has 4 bridgehead atoms. The zero-order chi connectivity index (χ0) is 20.6. The molecule has 0 saturated heterocycles. The molecule has 156 valence electrons. The van der Waals surface area contributed by atoms with E-state index in [1.165, 1.54) is 19.3 Å². The lowest BCUT2D eigenvalue weighted by molar-refractivity contribution is -0.149. The van der Waals surface area contributed by atoms with Gasteiger partial charge in [-0.2, -0.15) is 0 Å². The Balaban J connectivity index is 1.17. The highest BCUT2D eigenvalue weighted by Crippen LogP contribution is 2.60. The van der Waals surface area contributed by atoms with Gasteiger partial charge in [-0.05, 0) is 67.9 Å². The third kappa shape index (κ3) is 3.69. The van der Waals surface area contributed by atoms with Gasteiger partial charge in [0.05, 0.1) is 5.41 Å². The standard InChI is InChI=1S/C25H28N2O3/c28-23(16-30-22-9-5-4-8-21(22)20-6-2-1-3-7-20)26-27-24(29)25-13-17-10-18(14-25)12-19(11-17)15-25/h1-9,17-19H,10-16H2,(H,26,28)(H,27,29). The number of ether oxygens (including phenoxy) is 1. The second kappa shape index (κ2) is 7.78. The van der Waals surface area contributed by atoms with Crippen LogP contribution in [0.4, 0.5) is 0 Å². The van der Waals surface area contributed by atoms with E-state index in [0.29, 0.717) is 23.5 Å². The molecule has 4 aliphatic rings. The van der Waals surface area contributed by atoms with E-state index < -0.39 is 0 Å². The fraction of sp³-hybridized carbons (Fsp3) is 0.440. The first-order chi connectivity index (χ1) is 14.6. The van der Waals surface area contributed by atoms with Crippen molar-refractivity contribution in [3.05, 3.63) is 54.6 Å². The van der Waals surface area contributed by atoms with Crippen LogP contribution in [-0.4, -0.2) is 18.4 Å². The van der Waals surface area contributed by atoms with Gasteiger partial charge in [-0.25, -0.2) is 0 Å². The second-order valence-electron chi connectivity index (χ2n) is 9.35. The number of hydrogen-bond acceptors (Lipinski definition) is 3. The van der Waals surface area contributed by atoms with Gasteiger partial charge in [0.15, 0.2) is 6.61 Å². The zero-order valence-electron chi connectivity index (χ0n) is 17.1. The van der Waals surface area contributed by atoms with Crippen LogP contribution in [0.3, 0.4) is 0 Å².